The van der Waals surface area contributed by atoms with Crippen LogP contribution in [-0.2, 0) is 15.3 Å². The van der Waals surface area contributed by atoms with Gasteiger partial charge in [-0.25, -0.2) is 9.48 Å². The van der Waals surface area contributed by atoms with Gasteiger partial charge in [-0.1, -0.05) is 59.8 Å². The molecule has 6 nitrogen and oxygen atoms in total. The minimum Gasteiger partial charge on any atom is -0.463 e. The first-order valence-electron chi connectivity index (χ1n) is 10.0. The predicted molar refractivity (Wildman–Crippen MR) is 123 cm³/mol. The zero-order chi connectivity index (χ0) is 22.0. The number of aromatic nitrogens is 3. The van der Waals surface area contributed by atoms with Gasteiger partial charge >= 0.3 is 5.97 Å². The summed E-state index contributed by atoms with van der Waals surface area (Å²) in [6.07, 6.45) is 0. The average Bonchev–Trinajstić information content (AvgIpc) is 3.15. The molecule has 1 aliphatic rings. The van der Waals surface area contributed by atoms with E-state index in [2.05, 4.69) is 29.4 Å². The smallest absolute Gasteiger partial charge is 0.338 e. The van der Waals surface area contributed by atoms with Crippen LogP contribution in [0.15, 0.2) is 65.0 Å². The second-order valence-corrected chi connectivity index (χ2v) is 8.59. The number of aryl methyl sites for hydroxylation is 1. The van der Waals surface area contributed by atoms with Crippen LogP contribution >= 0.6 is 23.4 Å². The number of benzene rings is 2. The van der Waals surface area contributed by atoms with E-state index in [4.69, 9.17) is 21.4 Å². The summed E-state index contributed by atoms with van der Waals surface area (Å²) in [6.45, 7) is 6.04. The first-order chi connectivity index (χ1) is 15.0. The quantitative estimate of drug-likeness (QED) is 0.398. The fourth-order valence-corrected chi connectivity index (χ4v) is 4.56. The van der Waals surface area contributed by atoms with Gasteiger partial charge < -0.3 is 10.1 Å². The van der Waals surface area contributed by atoms with Crippen LogP contribution in [-0.4, -0.2) is 27.3 Å². The molecule has 160 valence electrons. The number of ether oxygens (including phenoxy) is 1. The van der Waals surface area contributed by atoms with Crippen molar-refractivity contribution in [3.63, 3.8) is 0 Å². The zero-order valence-corrected chi connectivity index (χ0v) is 19.1. The van der Waals surface area contributed by atoms with E-state index in [9.17, 15) is 4.79 Å². The molecule has 0 bridgehead atoms. The van der Waals surface area contributed by atoms with Crippen LogP contribution in [0.1, 0.15) is 36.6 Å². The summed E-state index contributed by atoms with van der Waals surface area (Å²) in [4.78, 5) is 17.5. The number of carbonyl (C=O) groups excluding carboxylic acids is 1. The summed E-state index contributed by atoms with van der Waals surface area (Å²) < 4.78 is 7.09. The predicted octanol–water partition coefficient (Wildman–Crippen LogP) is 5.38. The number of esters is 1. The summed E-state index contributed by atoms with van der Waals surface area (Å²) in [5.74, 6) is 0.985. The average molecular weight is 455 g/mol. The molecule has 2 aromatic carbocycles. The fraction of sp³-hybridized carbons (Fsp3) is 0.261. The van der Waals surface area contributed by atoms with Crippen LogP contribution in [0.5, 0.6) is 0 Å². The van der Waals surface area contributed by atoms with Crippen molar-refractivity contribution in [2.24, 2.45) is 0 Å². The summed E-state index contributed by atoms with van der Waals surface area (Å²) in [5, 5.41) is 9.22. The Bertz CT molecular complexity index is 1140. The molecule has 0 radical (unpaired) electrons. The Morgan fingerprint density at radius 2 is 1.94 bits per heavy atom. The largest absolute Gasteiger partial charge is 0.463 e. The number of carbonyl (C=O) groups is 1. The second kappa shape index (κ2) is 9.16. The lowest BCUT2D eigenvalue weighted by Crippen LogP contribution is -2.29. The SMILES string of the molecule is CCOC(=O)C1=C(C)Nc2nc(SCc3ccccc3C)nn2C1c1ccc(Cl)cc1. The Morgan fingerprint density at radius 1 is 1.19 bits per heavy atom. The number of halogens is 1. The Labute approximate surface area is 190 Å². The molecule has 1 N–H and O–H groups in total. The Balaban J connectivity index is 1.70. The third-order valence-corrected chi connectivity index (χ3v) is 6.27. The summed E-state index contributed by atoms with van der Waals surface area (Å²) >= 11 is 7.65. The molecule has 0 amide bonds. The molecule has 0 saturated heterocycles. The van der Waals surface area contributed by atoms with Gasteiger partial charge in [0, 0.05) is 16.5 Å². The maximum absolute atomic E-state index is 12.8. The summed E-state index contributed by atoms with van der Waals surface area (Å²) in [6, 6.07) is 15.2. The van der Waals surface area contributed by atoms with Gasteiger partial charge in [-0.3, -0.25) is 0 Å². The second-order valence-electron chi connectivity index (χ2n) is 7.22. The number of anilines is 1. The van der Waals surface area contributed by atoms with Gasteiger partial charge in [0.2, 0.25) is 11.1 Å². The highest BCUT2D eigenvalue weighted by Gasteiger charge is 2.35. The number of hydrogen-bond acceptors (Lipinski definition) is 6. The molecule has 8 heteroatoms. The van der Waals surface area contributed by atoms with Gasteiger partial charge in [0.15, 0.2) is 0 Å². The number of fused-ring (bicyclic) bond motifs is 1. The molecule has 4 rings (SSSR count). The molecule has 3 aromatic rings. The standard InChI is InChI=1S/C23H23ClN4O2S/c1-4-30-21(29)19-15(3)25-22-26-23(31-13-17-8-6-5-7-14(17)2)27-28(22)20(19)16-9-11-18(24)12-10-16/h5-12,20H,4,13H2,1-3H3,(H,25,26,27). The van der Waals surface area contributed by atoms with Crippen molar-refractivity contribution in [1.82, 2.24) is 14.8 Å². The van der Waals surface area contributed by atoms with Gasteiger partial charge in [0.05, 0.1) is 12.2 Å². The van der Waals surface area contributed by atoms with Crippen molar-refractivity contribution in [1.29, 1.82) is 0 Å². The molecule has 2 heterocycles. The van der Waals surface area contributed by atoms with Crippen LogP contribution < -0.4 is 5.32 Å². The highest BCUT2D eigenvalue weighted by Crippen LogP contribution is 2.37. The van der Waals surface area contributed by atoms with Gasteiger partial charge in [-0.05, 0) is 49.6 Å². The molecule has 0 aliphatic carbocycles. The summed E-state index contributed by atoms with van der Waals surface area (Å²) in [5.41, 5.74) is 4.57. The molecule has 1 aromatic heterocycles. The van der Waals surface area contributed by atoms with Crippen LogP contribution in [0.2, 0.25) is 5.02 Å². The molecule has 0 fully saturated rings. The van der Waals surface area contributed by atoms with Gasteiger partial charge in [0.1, 0.15) is 6.04 Å². The lowest BCUT2D eigenvalue weighted by atomic mass is 9.96. The van der Waals surface area contributed by atoms with Crippen LogP contribution in [0, 0.1) is 6.92 Å². The van der Waals surface area contributed by atoms with Crippen LogP contribution in [0.4, 0.5) is 5.95 Å². The van der Waals surface area contributed by atoms with Gasteiger partial charge in [-0.2, -0.15) is 4.98 Å². The lowest BCUT2D eigenvalue weighted by molar-refractivity contribution is -0.139. The number of rotatable bonds is 6. The van der Waals surface area contributed by atoms with Gasteiger partial charge in [0.25, 0.3) is 0 Å². The molecule has 0 spiro atoms. The molecular formula is C23H23ClN4O2S. The van der Waals surface area contributed by atoms with E-state index < -0.39 is 6.04 Å². The van der Waals surface area contributed by atoms with E-state index in [1.165, 1.54) is 11.1 Å². The number of allylic oxidation sites excluding steroid dienone is 1. The summed E-state index contributed by atoms with van der Waals surface area (Å²) in [7, 11) is 0. The minimum absolute atomic E-state index is 0.296. The van der Waals surface area contributed by atoms with E-state index in [1.807, 2.05) is 43.3 Å². The van der Waals surface area contributed by atoms with Gasteiger partial charge in [-0.15, -0.1) is 5.10 Å². The monoisotopic (exact) mass is 454 g/mol. The number of hydrogen-bond donors (Lipinski definition) is 1. The van der Waals surface area contributed by atoms with Crippen molar-refractivity contribution < 1.29 is 9.53 Å². The zero-order valence-electron chi connectivity index (χ0n) is 17.6. The third-order valence-electron chi connectivity index (χ3n) is 5.13. The van der Waals surface area contributed by atoms with E-state index in [0.717, 1.165) is 11.3 Å². The molecule has 0 saturated carbocycles. The Hall–Kier alpha value is -2.77. The van der Waals surface area contributed by atoms with Crippen LogP contribution in [0.3, 0.4) is 0 Å². The molecule has 1 unspecified atom stereocenters. The Morgan fingerprint density at radius 3 is 2.65 bits per heavy atom. The number of thioether (sulfide) groups is 1. The molecular weight excluding hydrogens is 432 g/mol. The highest BCUT2D eigenvalue weighted by molar-refractivity contribution is 7.98. The van der Waals surface area contributed by atoms with Crippen molar-refractivity contribution in [3.8, 4) is 0 Å². The number of nitrogens with zero attached hydrogens (tertiary/aromatic N) is 3. The van der Waals surface area contributed by atoms with E-state index in [-0.39, 0.29) is 5.97 Å². The molecule has 1 aliphatic heterocycles. The maximum atomic E-state index is 12.8. The third kappa shape index (κ3) is 4.48. The van der Waals surface area contributed by atoms with Crippen molar-refractivity contribution in [2.75, 3.05) is 11.9 Å². The first kappa shape index (κ1) is 21.5. The minimum atomic E-state index is -0.451. The van der Waals surface area contributed by atoms with E-state index in [0.29, 0.717) is 34.0 Å². The first-order valence-corrected chi connectivity index (χ1v) is 11.4. The van der Waals surface area contributed by atoms with Crippen molar-refractivity contribution in [3.05, 3.63) is 81.5 Å². The van der Waals surface area contributed by atoms with Crippen molar-refractivity contribution in [2.45, 2.75) is 37.7 Å². The lowest BCUT2D eigenvalue weighted by Gasteiger charge is -2.28. The van der Waals surface area contributed by atoms with E-state index in [1.54, 1.807) is 23.4 Å². The fourth-order valence-electron chi connectivity index (χ4n) is 3.53. The maximum Gasteiger partial charge on any atom is 0.338 e. The van der Waals surface area contributed by atoms with Crippen LogP contribution in [0.25, 0.3) is 0 Å². The highest BCUT2D eigenvalue weighted by atomic mass is 35.5. The Kier molecular flexibility index (Phi) is 6.34. The molecule has 1 atom stereocenters. The number of nitrogens with one attached hydrogen (secondary N) is 1. The van der Waals surface area contributed by atoms with Crippen molar-refractivity contribution >= 4 is 35.3 Å². The molecule has 31 heavy (non-hydrogen) atoms. The normalized spacial score (nSPS) is 15.4. The topological polar surface area (TPSA) is 69.0 Å². The van der Waals surface area contributed by atoms with E-state index >= 15 is 0 Å².